The van der Waals surface area contributed by atoms with Crippen molar-refractivity contribution in [1.29, 1.82) is 0 Å². The average molecular weight is 391 g/mol. The van der Waals surface area contributed by atoms with E-state index < -0.39 is 0 Å². The van der Waals surface area contributed by atoms with E-state index in [1.165, 1.54) is 24.6 Å². The number of nitrogens with zero attached hydrogens (tertiary/aromatic N) is 3. The summed E-state index contributed by atoms with van der Waals surface area (Å²) in [7, 11) is 3.20. The fourth-order valence-electron chi connectivity index (χ4n) is 2.86. The third-order valence-corrected chi connectivity index (χ3v) is 5.65. The maximum absolute atomic E-state index is 12.5. The SMILES string of the molecule is CCn1c(S[C@@H](C)C(=O)NCc2ccc(OC)c(OC)c2)nnc1C1CC1. The Bertz CT molecular complexity index is 804. The van der Waals surface area contributed by atoms with Crippen molar-refractivity contribution < 1.29 is 14.3 Å². The second-order valence-corrected chi connectivity index (χ2v) is 7.83. The maximum Gasteiger partial charge on any atom is 0.233 e. The fourth-order valence-corrected chi connectivity index (χ4v) is 3.81. The summed E-state index contributed by atoms with van der Waals surface area (Å²) in [5, 5.41) is 12.2. The summed E-state index contributed by atoms with van der Waals surface area (Å²) < 4.78 is 12.7. The van der Waals surface area contributed by atoms with E-state index in [0.29, 0.717) is 24.0 Å². The molecule has 0 bridgehead atoms. The number of rotatable bonds is 9. The maximum atomic E-state index is 12.5. The van der Waals surface area contributed by atoms with Gasteiger partial charge in [0.05, 0.1) is 19.5 Å². The molecule has 8 heteroatoms. The molecule has 0 saturated heterocycles. The number of aromatic nitrogens is 3. The monoisotopic (exact) mass is 390 g/mol. The number of amides is 1. The van der Waals surface area contributed by atoms with Crippen LogP contribution in [0.15, 0.2) is 23.4 Å². The number of hydrogen-bond acceptors (Lipinski definition) is 6. The molecule has 1 N–H and O–H groups in total. The Hall–Kier alpha value is -2.22. The van der Waals surface area contributed by atoms with Gasteiger partial charge in [-0.25, -0.2) is 0 Å². The van der Waals surface area contributed by atoms with Gasteiger partial charge in [-0.05, 0) is 44.4 Å². The Balaban J connectivity index is 1.58. The molecular formula is C19H26N4O3S. The molecule has 0 aliphatic heterocycles. The Morgan fingerprint density at radius 2 is 2.04 bits per heavy atom. The quantitative estimate of drug-likeness (QED) is 0.663. The van der Waals surface area contributed by atoms with E-state index in [1.54, 1.807) is 14.2 Å². The number of ether oxygens (including phenoxy) is 2. The summed E-state index contributed by atoms with van der Waals surface area (Å²) >= 11 is 1.45. The zero-order chi connectivity index (χ0) is 19.4. The average Bonchev–Trinajstić information content (AvgIpc) is 3.46. The van der Waals surface area contributed by atoms with Gasteiger partial charge >= 0.3 is 0 Å². The molecule has 1 aromatic carbocycles. The molecule has 0 radical (unpaired) electrons. The molecule has 27 heavy (non-hydrogen) atoms. The number of benzene rings is 1. The highest BCUT2D eigenvalue weighted by atomic mass is 32.2. The number of nitrogens with one attached hydrogen (secondary N) is 1. The largest absolute Gasteiger partial charge is 0.493 e. The van der Waals surface area contributed by atoms with Gasteiger partial charge < -0.3 is 19.4 Å². The van der Waals surface area contributed by atoms with Gasteiger partial charge in [0.25, 0.3) is 0 Å². The lowest BCUT2D eigenvalue weighted by atomic mass is 10.2. The second-order valence-electron chi connectivity index (χ2n) is 6.53. The van der Waals surface area contributed by atoms with E-state index in [1.807, 2.05) is 25.1 Å². The van der Waals surface area contributed by atoms with Crippen molar-refractivity contribution in [3.8, 4) is 11.5 Å². The molecule has 1 fully saturated rings. The lowest BCUT2D eigenvalue weighted by Gasteiger charge is -2.14. The van der Waals surface area contributed by atoms with Crippen molar-refractivity contribution in [2.75, 3.05) is 14.2 Å². The van der Waals surface area contributed by atoms with Crippen molar-refractivity contribution in [3.63, 3.8) is 0 Å². The zero-order valence-electron chi connectivity index (χ0n) is 16.2. The third-order valence-electron chi connectivity index (χ3n) is 4.57. The number of carbonyl (C=O) groups is 1. The summed E-state index contributed by atoms with van der Waals surface area (Å²) in [5.41, 5.74) is 0.950. The minimum absolute atomic E-state index is 0.0339. The topological polar surface area (TPSA) is 78.3 Å². The number of hydrogen-bond donors (Lipinski definition) is 1. The molecule has 0 spiro atoms. The van der Waals surface area contributed by atoms with E-state index in [0.717, 1.165) is 23.1 Å². The molecule has 7 nitrogen and oxygen atoms in total. The van der Waals surface area contributed by atoms with Gasteiger partial charge in [0.15, 0.2) is 16.7 Å². The number of carbonyl (C=O) groups excluding carboxylic acids is 1. The first kappa shape index (κ1) is 19.5. The van der Waals surface area contributed by atoms with Gasteiger partial charge in [-0.1, -0.05) is 17.8 Å². The minimum atomic E-state index is -0.258. The van der Waals surface area contributed by atoms with Crippen LogP contribution in [0.1, 0.15) is 44.0 Å². The number of thioether (sulfide) groups is 1. The summed E-state index contributed by atoms with van der Waals surface area (Å²) in [5.74, 6) is 2.88. The van der Waals surface area contributed by atoms with Gasteiger partial charge in [-0.2, -0.15) is 0 Å². The highest BCUT2D eigenvalue weighted by molar-refractivity contribution is 8.00. The Morgan fingerprint density at radius 3 is 2.67 bits per heavy atom. The molecule has 0 unspecified atom stereocenters. The van der Waals surface area contributed by atoms with Crippen LogP contribution in [0.3, 0.4) is 0 Å². The third kappa shape index (κ3) is 4.55. The molecule has 2 aromatic rings. The molecule has 3 rings (SSSR count). The molecule has 146 valence electrons. The molecular weight excluding hydrogens is 364 g/mol. The predicted molar refractivity (Wildman–Crippen MR) is 104 cm³/mol. The molecule has 1 atom stereocenters. The van der Waals surface area contributed by atoms with Crippen LogP contribution in [-0.4, -0.2) is 40.1 Å². The van der Waals surface area contributed by atoms with Gasteiger partial charge in [0.2, 0.25) is 5.91 Å². The summed E-state index contributed by atoms with van der Waals surface area (Å²) in [6.45, 7) is 5.22. The fraction of sp³-hybridized carbons (Fsp3) is 0.526. The van der Waals surface area contributed by atoms with Crippen molar-refractivity contribution in [2.24, 2.45) is 0 Å². The van der Waals surface area contributed by atoms with Crippen molar-refractivity contribution in [3.05, 3.63) is 29.6 Å². The van der Waals surface area contributed by atoms with Gasteiger partial charge in [0.1, 0.15) is 5.82 Å². The van der Waals surface area contributed by atoms with Gasteiger partial charge in [0, 0.05) is 19.0 Å². The van der Waals surface area contributed by atoms with E-state index in [9.17, 15) is 4.79 Å². The van der Waals surface area contributed by atoms with Gasteiger partial charge in [-0.3, -0.25) is 4.79 Å². The van der Waals surface area contributed by atoms with E-state index in [2.05, 4.69) is 27.0 Å². The summed E-state index contributed by atoms with van der Waals surface area (Å²) in [6, 6.07) is 5.61. The van der Waals surface area contributed by atoms with E-state index in [4.69, 9.17) is 9.47 Å². The first-order valence-corrected chi connectivity index (χ1v) is 10.0. The van der Waals surface area contributed by atoms with Crippen LogP contribution in [0, 0.1) is 0 Å². The van der Waals surface area contributed by atoms with Crippen LogP contribution >= 0.6 is 11.8 Å². The van der Waals surface area contributed by atoms with Crippen molar-refractivity contribution >= 4 is 17.7 Å². The standard InChI is InChI=1S/C19H26N4O3S/c1-5-23-17(14-7-8-14)21-22-19(23)27-12(2)18(24)20-11-13-6-9-15(25-3)16(10-13)26-4/h6,9-10,12,14H,5,7-8,11H2,1-4H3,(H,20,24)/t12-/m0/s1. The van der Waals surface area contributed by atoms with Crippen LogP contribution in [-0.2, 0) is 17.9 Å². The van der Waals surface area contributed by atoms with Crippen LogP contribution in [0.2, 0.25) is 0 Å². The Morgan fingerprint density at radius 1 is 1.30 bits per heavy atom. The molecule has 1 saturated carbocycles. The highest BCUT2D eigenvalue weighted by Gasteiger charge is 2.30. The van der Waals surface area contributed by atoms with Crippen LogP contribution in [0.4, 0.5) is 0 Å². The van der Waals surface area contributed by atoms with Crippen LogP contribution in [0.25, 0.3) is 0 Å². The second kappa shape index (κ2) is 8.65. The van der Waals surface area contributed by atoms with E-state index >= 15 is 0 Å². The first-order chi connectivity index (χ1) is 13.1. The Labute approximate surface area is 163 Å². The molecule has 1 aliphatic carbocycles. The molecule has 1 aromatic heterocycles. The summed E-state index contributed by atoms with van der Waals surface area (Å²) in [6.07, 6.45) is 2.37. The normalized spacial score (nSPS) is 14.7. The lowest BCUT2D eigenvalue weighted by molar-refractivity contribution is -0.120. The molecule has 1 amide bonds. The smallest absolute Gasteiger partial charge is 0.233 e. The predicted octanol–water partition coefficient (Wildman–Crippen LogP) is 2.99. The van der Waals surface area contributed by atoms with Crippen LogP contribution in [0.5, 0.6) is 11.5 Å². The van der Waals surface area contributed by atoms with Crippen molar-refractivity contribution in [2.45, 2.75) is 56.1 Å². The summed E-state index contributed by atoms with van der Waals surface area (Å²) in [4.78, 5) is 12.5. The zero-order valence-corrected chi connectivity index (χ0v) is 17.0. The lowest BCUT2D eigenvalue weighted by Crippen LogP contribution is -2.30. The van der Waals surface area contributed by atoms with Crippen molar-refractivity contribution in [1.82, 2.24) is 20.1 Å². The highest BCUT2D eigenvalue weighted by Crippen LogP contribution is 2.40. The molecule has 1 aliphatic rings. The Kier molecular flexibility index (Phi) is 6.26. The van der Waals surface area contributed by atoms with Crippen LogP contribution < -0.4 is 14.8 Å². The first-order valence-electron chi connectivity index (χ1n) is 9.15. The number of methoxy groups -OCH3 is 2. The minimum Gasteiger partial charge on any atom is -0.493 e. The van der Waals surface area contributed by atoms with E-state index in [-0.39, 0.29) is 11.2 Å². The van der Waals surface area contributed by atoms with Gasteiger partial charge in [-0.15, -0.1) is 10.2 Å². The molecule has 1 heterocycles.